The number of hydrogen-bond acceptors (Lipinski definition) is 4. The first-order chi connectivity index (χ1) is 8.91. The van der Waals surface area contributed by atoms with Crippen LogP contribution in [0.2, 0.25) is 0 Å². The zero-order chi connectivity index (χ0) is 15.5. The van der Waals surface area contributed by atoms with E-state index in [4.69, 9.17) is 20.7 Å². The molecule has 0 unspecified atom stereocenters. The van der Waals surface area contributed by atoms with E-state index in [2.05, 4.69) is 23.6 Å². The Morgan fingerprint density at radius 2 is 1.75 bits per heavy atom. The second-order valence-corrected chi connectivity index (χ2v) is 2.52. The maximum Gasteiger partial charge on any atom is 0.429 e. The zero-order valence-corrected chi connectivity index (χ0v) is 12.2. The van der Waals surface area contributed by atoms with Gasteiger partial charge >= 0.3 is 6.18 Å². The van der Waals surface area contributed by atoms with Crippen LogP contribution < -0.4 is 0 Å². The average Bonchev–Trinajstić information content (AvgIpc) is 2.43. The summed E-state index contributed by atoms with van der Waals surface area (Å²) in [6.45, 7) is 6.50. The molecule has 0 aliphatic rings. The molecule has 1 rings (SSSR count). The molecule has 112 valence electrons. The van der Waals surface area contributed by atoms with E-state index < -0.39 is 17.8 Å². The van der Waals surface area contributed by atoms with Crippen molar-refractivity contribution in [1.82, 2.24) is 4.98 Å². The van der Waals surface area contributed by atoms with Gasteiger partial charge in [-0.2, -0.15) is 13.2 Å². The Hall–Kier alpha value is -1.94. The van der Waals surface area contributed by atoms with Gasteiger partial charge in [-0.05, 0) is 18.0 Å². The Morgan fingerprint density at radius 1 is 1.25 bits per heavy atom. The molecule has 0 saturated heterocycles. The molecule has 0 bridgehead atoms. The molecule has 0 aromatic carbocycles. The van der Waals surface area contributed by atoms with Crippen molar-refractivity contribution < 1.29 is 42.6 Å². The molecule has 0 atom stereocenters. The molecule has 6 nitrogen and oxygen atoms in total. The van der Waals surface area contributed by atoms with Gasteiger partial charge in [0.1, 0.15) is 5.84 Å². The Bertz CT molecular complexity index is 424. The quantitative estimate of drug-likeness (QED) is 0.297. The molecule has 0 fully saturated rings. The van der Waals surface area contributed by atoms with Gasteiger partial charge in [-0.15, -0.1) is 0 Å². The van der Waals surface area contributed by atoms with Crippen LogP contribution in [-0.2, 0) is 29.4 Å². The van der Waals surface area contributed by atoms with Crippen LogP contribution in [0.15, 0.2) is 29.4 Å². The molecule has 0 aliphatic carbocycles. The summed E-state index contributed by atoms with van der Waals surface area (Å²) in [4.78, 5) is 21.9. The largest absolute Gasteiger partial charge is 0.545 e. The molecular weight excluding hydrogens is 455 g/mol. The van der Waals surface area contributed by atoms with Crippen molar-refractivity contribution in [2.24, 2.45) is 4.99 Å². The second kappa shape index (κ2) is 12.1. The zero-order valence-electron chi connectivity index (χ0n) is 9.66. The number of pyridine rings is 1. The van der Waals surface area contributed by atoms with Crippen molar-refractivity contribution in [3.63, 3.8) is 0 Å². The molecule has 2 N–H and O–H groups in total. The second-order valence-electron chi connectivity index (χ2n) is 2.52. The Morgan fingerprint density at radius 3 is 2.10 bits per heavy atom. The molecular formula is C10H8F3N4O2Os-3. The third kappa shape index (κ3) is 9.05. The molecule has 1 aromatic rings. The summed E-state index contributed by atoms with van der Waals surface area (Å²) in [5.41, 5.74) is 7.16. The van der Waals surface area contributed by atoms with E-state index in [1.54, 1.807) is 6.07 Å². The topological polar surface area (TPSA) is 107 Å². The van der Waals surface area contributed by atoms with Crippen molar-refractivity contribution in [1.29, 1.82) is 5.41 Å². The number of aliphatic imine (C=N–C) groups is 1. The number of amidine groups is 2. The molecule has 20 heavy (non-hydrogen) atoms. The van der Waals surface area contributed by atoms with Crippen LogP contribution in [0.3, 0.4) is 0 Å². The standard InChI is InChI=1S/C8H6F3N4.2CHO.Os/c9-8(10,11)7(13)15-6(12)5-3-1-2-4-14-5;2*1-2;/h1-4H,(H2-,12,13,15);2*1H;/q3*-1;. The van der Waals surface area contributed by atoms with Crippen LogP contribution in [0.5, 0.6) is 0 Å². The van der Waals surface area contributed by atoms with Crippen LogP contribution >= 0.6 is 0 Å². The van der Waals surface area contributed by atoms with Crippen LogP contribution in [0, 0.1) is 5.41 Å². The van der Waals surface area contributed by atoms with Crippen molar-refractivity contribution >= 4 is 25.2 Å². The van der Waals surface area contributed by atoms with Gasteiger partial charge in [0.15, 0.2) is 0 Å². The summed E-state index contributed by atoms with van der Waals surface area (Å²) in [6, 6.07) is 4.42. The minimum atomic E-state index is -4.83. The fourth-order valence-electron chi connectivity index (χ4n) is 0.735. The van der Waals surface area contributed by atoms with Gasteiger partial charge in [0.2, 0.25) is 0 Å². The summed E-state index contributed by atoms with van der Waals surface area (Å²) in [7, 11) is 0. The summed E-state index contributed by atoms with van der Waals surface area (Å²) in [5, 5.41) is 6.56. The minimum Gasteiger partial charge on any atom is -0.545 e. The Kier molecular flexibility index (Phi) is 14.0. The van der Waals surface area contributed by atoms with Gasteiger partial charge in [0.05, 0.1) is 5.69 Å². The number of carbonyl (C=O) groups excluding carboxylic acids is 2. The predicted octanol–water partition coefficient (Wildman–Crippen LogP) is 1.87. The minimum absolute atomic E-state index is 0. The first-order valence-electron chi connectivity index (χ1n) is 4.26. The van der Waals surface area contributed by atoms with Gasteiger partial charge in [-0.3, -0.25) is 18.6 Å². The molecule has 1 heterocycles. The van der Waals surface area contributed by atoms with Crippen LogP contribution in [0.1, 0.15) is 5.69 Å². The van der Waals surface area contributed by atoms with Gasteiger partial charge in [0, 0.05) is 26.0 Å². The summed E-state index contributed by atoms with van der Waals surface area (Å²) < 4.78 is 35.7. The molecule has 0 spiro atoms. The van der Waals surface area contributed by atoms with Crippen molar-refractivity contribution in [2.45, 2.75) is 6.18 Å². The summed E-state index contributed by atoms with van der Waals surface area (Å²) in [5.74, 6) is -2.49. The number of rotatable bonds is 1. The smallest absolute Gasteiger partial charge is 0.429 e. The fourth-order valence-corrected chi connectivity index (χ4v) is 0.735. The number of hydrogen-bond donors (Lipinski definition) is 1. The molecule has 10 heteroatoms. The predicted molar refractivity (Wildman–Crippen MR) is 62.4 cm³/mol. The Labute approximate surface area is 125 Å². The maximum atomic E-state index is 11.9. The third-order valence-electron chi connectivity index (χ3n) is 1.40. The van der Waals surface area contributed by atoms with Gasteiger partial charge in [-0.25, -0.2) is 0 Å². The Balaban J connectivity index is -0.000000529. The van der Waals surface area contributed by atoms with E-state index in [9.17, 15) is 13.2 Å². The number of halogens is 3. The number of nitrogens with zero attached hydrogens (tertiary/aromatic N) is 2. The number of alkyl halides is 3. The molecule has 0 saturated carbocycles. The van der Waals surface area contributed by atoms with E-state index >= 15 is 0 Å². The monoisotopic (exact) mass is 465 g/mol. The number of nitrogens with one attached hydrogen (secondary N) is 2. The van der Waals surface area contributed by atoms with Gasteiger partial charge in [0.25, 0.3) is 0 Å². The first-order valence-corrected chi connectivity index (χ1v) is 4.26. The normalized spacial score (nSPS) is 9.85. The van der Waals surface area contributed by atoms with E-state index in [-0.39, 0.29) is 25.5 Å². The first kappa shape index (κ1) is 23.2. The average molecular weight is 463 g/mol. The van der Waals surface area contributed by atoms with E-state index in [0.29, 0.717) is 0 Å². The maximum absolute atomic E-state index is 11.9. The van der Waals surface area contributed by atoms with Crippen molar-refractivity contribution in [2.75, 3.05) is 0 Å². The number of aromatic nitrogens is 1. The molecule has 0 aliphatic heterocycles. The van der Waals surface area contributed by atoms with E-state index in [1.807, 2.05) is 0 Å². The SMILES string of the molecule is N=C(N=C([NH-])c1ccccn1)C(F)(F)F.[CH-]=O.[CH-]=O.[Os]. The summed E-state index contributed by atoms with van der Waals surface area (Å²) in [6.07, 6.45) is -3.50. The van der Waals surface area contributed by atoms with Gasteiger partial charge in [-0.1, -0.05) is 6.07 Å². The van der Waals surface area contributed by atoms with E-state index in [0.717, 1.165) is 0 Å². The molecule has 0 radical (unpaired) electrons. The van der Waals surface area contributed by atoms with Crippen LogP contribution in [0.4, 0.5) is 13.2 Å². The van der Waals surface area contributed by atoms with Gasteiger partial charge < -0.3 is 25.7 Å². The third-order valence-corrected chi connectivity index (χ3v) is 1.40. The van der Waals surface area contributed by atoms with Crippen LogP contribution in [0.25, 0.3) is 5.73 Å². The van der Waals surface area contributed by atoms with Crippen molar-refractivity contribution in [3.8, 4) is 0 Å². The van der Waals surface area contributed by atoms with Crippen molar-refractivity contribution in [3.05, 3.63) is 35.8 Å². The fraction of sp³-hybridized carbons (Fsp3) is 0.100. The van der Waals surface area contributed by atoms with Crippen LogP contribution in [-0.4, -0.2) is 36.4 Å². The van der Waals surface area contributed by atoms with E-state index in [1.165, 1.54) is 18.3 Å². The molecule has 1 aromatic heterocycles. The summed E-state index contributed by atoms with van der Waals surface area (Å²) >= 11 is 0. The molecule has 0 amide bonds.